The molecule has 0 atom stereocenters. The zero-order valence-corrected chi connectivity index (χ0v) is 18.1. The van der Waals surface area contributed by atoms with E-state index in [0.717, 1.165) is 0 Å². The molecule has 0 aliphatic heterocycles. The van der Waals surface area contributed by atoms with Crippen molar-refractivity contribution < 1.29 is 23.4 Å². The lowest BCUT2D eigenvalue weighted by Crippen LogP contribution is -2.10. The number of hydrogen-bond donors (Lipinski definition) is 0. The lowest BCUT2D eigenvalue weighted by atomic mass is 10.2. The van der Waals surface area contributed by atoms with Gasteiger partial charge in [-0.25, -0.2) is 4.79 Å². The van der Waals surface area contributed by atoms with Crippen LogP contribution in [0.1, 0.15) is 23.0 Å². The van der Waals surface area contributed by atoms with Crippen molar-refractivity contribution in [3.8, 4) is 23.0 Å². The number of fused-ring (bicyclic) bond motifs is 1. The molecule has 0 spiro atoms. The van der Waals surface area contributed by atoms with Crippen molar-refractivity contribution in [1.82, 2.24) is 0 Å². The van der Waals surface area contributed by atoms with Crippen molar-refractivity contribution in [2.75, 3.05) is 6.61 Å². The van der Waals surface area contributed by atoms with Crippen LogP contribution in [0.5, 0.6) is 23.0 Å². The average molecular weight is 451 g/mol. The lowest BCUT2D eigenvalue weighted by molar-refractivity contribution is 0.0735. The summed E-state index contributed by atoms with van der Waals surface area (Å²) in [4.78, 5) is 25.4. The van der Waals surface area contributed by atoms with E-state index in [4.69, 9.17) is 30.2 Å². The van der Waals surface area contributed by atoms with Gasteiger partial charge in [0.25, 0.3) is 0 Å². The van der Waals surface area contributed by atoms with Crippen molar-refractivity contribution in [3.63, 3.8) is 0 Å². The molecule has 4 aromatic rings. The Morgan fingerprint density at radius 3 is 2.53 bits per heavy atom. The molecule has 4 rings (SSSR count). The quantitative estimate of drug-likeness (QED) is 0.258. The minimum absolute atomic E-state index is 0.0633. The summed E-state index contributed by atoms with van der Waals surface area (Å²) in [6.45, 7) is 3.95. The molecule has 0 unspecified atom stereocenters. The summed E-state index contributed by atoms with van der Waals surface area (Å²) in [5, 5.41) is 0.722. The fourth-order valence-electron chi connectivity index (χ4n) is 3.15. The van der Waals surface area contributed by atoms with Gasteiger partial charge in [-0.2, -0.15) is 0 Å². The Bertz CT molecular complexity index is 1360. The molecule has 0 N–H and O–H groups in total. The van der Waals surface area contributed by atoms with Crippen LogP contribution in [0.15, 0.2) is 75.9 Å². The van der Waals surface area contributed by atoms with Gasteiger partial charge in [-0.1, -0.05) is 29.8 Å². The summed E-state index contributed by atoms with van der Waals surface area (Å²) < 4.78 is 22.6. The normalized spacial score (nSPS) is 10.7. The number of carbonyl (C=O) groups excluding carboxylic acids is 1. The van der Waals surface area contributed by atoms with E-state index in [1.165, 1.54) is 24.3 Å². The van der Waals surface area contributed by atoms with E-state index >= 15 is 0 Å². The van der Waals surface area contributed by atoms with Gasteiger partial charge in [0.15, 0.2) is 11.5 Å². The number of esters is 1. The highest BCUT2D eigenvalue weighted by Gasteiger charge is 2.17. The summed E-state index contributed by atoms with van der Waals surface area (Å²) >= 11 is 5.93. The van der Waals surface area contributed by atoms with E-state index in [-0.39, 0.29) is 28.3 Å². The van der Waals surface area contributed by atoms with Gasteiger partial charge in [-0.05, 0) is 56.3 Å². The Labute approximate surface area is 188 Å². The molecule has 32 heavy (non-hydrogen) atoms. The van der Waals surface area contributed by atoms with Crippen molar-refractivity contribution in [2.45, 2.75) is 13.8 Å². The van der Waals surface area contributed by atoms with Crippen LogP contribution in [0.4, 0.5) is 0 Å². The molecular formula is C25H19ClO6. The van der Waals surface area contributed by atoms with E-state index in [2.05, 4.69) is 0 Å². The van der Waals surface area contributed by atoms with Crippen LogP contribution in [0.2, 0.25) is 5.02 Å². The molecule has 3 aromatic carbocycles. The van der Waals surface area contributed by atoms with Crippen LogP contribution < -0.4 is 19.6 Å². The monoisotopic (exact) mass is 450 g/mol. The van der Waals surface area contributed by atoms with Crippen LogP contribution in [-0.2, 0) is 0 Å². The third kappa shape index (κ3) is 4.45. The first kappa shape index (κ1) is 21.5. The van der Waals surface area contributed by atoms with E-state index in [1.807, 2.05) is 13.0 Å². The SMILES string of the molecule is CCOc1ccccc1Oc1c(C)oc2cc(OC(=O)c3cccc(Cl)c3)ccc2c1=O. The number of para-hydroxylation sites is 2. The molecule has 0 aliphatic rings. The Balaban J connectivity index is 1.65. The van der Waals surface area contributed by atoms with Crippen molar-refractivity contribution in [1.29, 1.82) is 0 Å². The molecule has 0 saturated heterocycles. The molecule has 0 fully saturated rings. The fraction of sp³-hybridized carbons (Fsp3) is 0.120. The molecule has 1 heterocycles. The third-order valence-corrected chi connectivity index (χ3v) is 4.85. The molecule has 162 valence electrons. The summed E-state index contributed by atoms with van der Waals surface area (Å²) in [6.07, 6.45) is 0. The highest BCUT2D eigenvalue weighted by Crippen LogP contribution is 2.33. The van der Waals surface area contributed by atoms with Crippen LogP contribution in [-0.4, -0.2) is 12.6 Å². The Hall–Kier alpha value is -3.77. The highest BCUT2D eigenvalue weighted by molar-refractivity contribution is 6.30. The second kappa shape index (κ2) is 9.16. The zero-order valence-electron chi connectivity index (χ0n) is 17.4. The minimum atomic E-state index is -0.571. The topological polar surface area (TPSA) is 75.0 Å². The van der Waals surface area contributed by atoms with Crippen molar-refractivity contribution in [2.24, 2.45) is 0 Å². The minimum Gasteiger partial charge on any atom is -0.490 e. The van der Waals surface area contributed by atoms with Crippen LogP contribution in [0.3, 0.4) is 0 Å². The maximum Gasteiger partial charge on any atom is 0.343 e. The first-order valence-electron chi connectivity index (χ1n) is 9.91. The molecule has 6 nitrogen and oxygen atoms in total. The maximum absolute atomic E-state index is 13.1. The number of hydrogen-bond acceptors (Lipinski definition) is 6. The van der Waals surface area contributed by atoms with Crippen LogP contribution >= 0.6 is 11.6 Å². The second-order valence-electron chi connectivity index (χ2n) is 6.86. The van der Waals surface area contributed by atoms with Gasteiger partial charge in [0.2, 0.25) is 11.2 Å². The van der Waals surface area contributed by atoms with Gasteiger partial charge in [0.05, 0.1) is 17.6 Å². The predicted molar refractivity (Wildman–Crippen MR) is 121 cm³/mol. The van der Waals surface area contributed by atoms with Gasteiger partial charge in [0.1, 0.15) is 17.1 Å². The zero-order chi connectivity index (χ0) is 22.7. The van der Waals surface area contributed by atoms with E-state index in [1.54, 1.807) is 43.3 Å². The van der Waals surface area contributed by atoms with E-state index < -0.39 is 5.97 Å². The van der Waals surface area contributed by atoms with E-state index in [9.17, 15) is 9.59 Å². The van der Waals surface area contributed by atoms with Crippen LogP contribution in [0, 0.1) is 6.92 Å². The standard InChI is InChI=1S/C25H19ClO6/c1-3-29-20-9-4-5-10-21(20)32-24-15(2)30-22-14-18(11-12-19(22)23(24)27)31-25(28)16-7-6-8-17(26)13-16/h4-14H,3H2,1-2H3. The summed E-state index contributed by atoms with van der Waals surface area (Å²) in [6, 6.07) is 18.1. The summed E-state index contributed by atoms with van der Waals surface area (Å²) in [7, 11) is 0. The van der Waals surface area contributed by atoms with Crippen molar-refractivity contribution >= 4 is 28.5 Å². The summed E-state index contributed by atoms with van der Waals surface area (Å²) in [5.74, 6) is 0.951. The first-order chi connectivity index (χ1) is 15.5. The van der Waals surface area contributed by atoms with Gasteiger partial charge < -0.3 is 18.6 Å². The number of rotatable bonds is 6. The molecule has 0 bridgehead atoms. The van der Waals surface area contributed by atoms with E-state index in [0.29, 0.717) is 34.1 Å². The molecule has 0 saturated carbocycles. The highest BCUT2D eigenvalue weighted by atomic mass is 35.5. The number of aryl methyl sites for hydroxylation is 1. The third-order valence-electron chi connectivity index (χ3n) is 4.62. The Morgan fingerprint density at radius 2 is 1.78 bits per heavy atom. The Kier molecular flexibility index (Phi) is 6.14. The largest absolute Gasteiger partial charge is 0.490 e. The predicted octanol–water partition coefficient (Wildman–Crippen LogP) is 6.17. The molecule has 0 amide bonds. The molecule has 0 radical (unpaired) electrons. The number of benzene rings is 3. The van der Waals surface area contributed by atoms with Gasteiger partial charge in [0, 0.05) is 11.1 Å². The Morgan fingerprint density at radius 1 is 1.00 bits per heavy atom. The molecule has 7 heteroatoms. The van der Waals surface area contributed by atoms with Crippen molar-refractivity contribution in [3.05, 3.63) is 93.3 Å². The smallest absolute Gasteiger partial charge is 0.343 e. The molecule has 1 aromatic heterocycles. The van der Waals surface area contributed by atoms with Gasteiger partial charge in [-0.15, -0.1) is 0 Å². The number of ether oxygens (including phenoxy) is 3. The number of halogens is 1. The molecule has 0 aliphatic carbocycles. The molecular weight excluding hydrogens is 432 g/mol. The first-order valence-corrected chi connectivity index (χ1v) is 10.3. The second-order valence-corrected chi connectivity index (χ2v) is 7.29. The maximum atomic E-state index is 13.1. The fourth-order valence-corrected chi connectivity index (χ4v) is 3.34. The summed E-state index contributed by atoms with van der Waals surface area (Å²) in [5.41, 5.74) is 0.240. The average Bonchev–Trinajstić information content (AvgIpc) is 2.77. The van der Waals surface area contributed by atoms with Crippen LogP contribution in [0.25, 0.3) is 11.0 Å². The van der Waals surface area contributed by atoms with Gasteiger partial charge in [-0.3, -0.25) is 4.79 Å². The lowest BCUT2D eigenvalue weighted by Gasteiger charge is -2.13. The number of carbonyl (C=O) groups is 1. The van der Waals surface area contributed by atoms with Gasteiger partial charge >= 0.3 is 5.97 Å².